The zero-order chi connectivity index (χ0) is 16.8. The molecule has 1 aromatic rings. The monoisotopic (exact) mass is 346 g/mol. The van der Waals surface area contributed by atoms with E-state index in [1.807, 2.05) is 13.8 Å². The van der Waals surface area contributed by atoms with Gasteiger partial charge in [-0.25, -0.2) is 0 Å². The summed E-state index contributed by atoms with van der Waals surface area (Å²) in [4.78, 5) is 23.4. The van der Waals surface area contributed by atoms with Crippen LogP contribution in [0.15, 0.2) is 18.2 Å². The van der Waals surface area contributed by atoms with Crippen LogP contribution in [0.5, 0.6) is 0 Å². The fourth-order valence-electron chi connectivity index (χ4n) is 1.69. The van der Waals surface area contributed by atoms with E-state index >= 15 is 0 Å². The average molecular weight is 347 g/mol. The highest BCUT2D eigenvalue weighted by Gasteiger charge is 2.17. The van der Waals surface area contributed by atoms with Crippen LogP contribution < -0.4 is 10.6 Å². The number of carbonyl (C=O) groups is 2. The van der Waals surface area contributed by atoms with Gasteiger partial charge in [-0.15, -0.1) is 0 Å². The minimum Gasteiger partial charge on any atom is -0.396 e. The second kappa shape index (κ2) is 8.36. The highest BCUT2D eigenvalue weighted by molar-refractivity contribution is 6.42. The highest BCUT2D eigenvalue weighted by atomic mass is 35.5. The number of aliphatic hydroxyl groups is 1. The number of benzene rings is 1. The Morgan fingerprint density at radius 2 is 1.86 bits per heavy atom. The Bertz CT molecular complexity index is 548. The third-order valence-corrected chi connectivity index (χ3v) is 3.87. The van der Waals surface area contributed by atoms with E-state index in [9.17, 15) is 9.59 Å². The van der Waals surface area contributed by atoms with Gasteiger partial charge in [0.2, 0.25) is 0 Å². The molecule has 0 spiro atoms. The minimum atomic E-state index is -0.764. The van der Waals surface area contributed by atoms with Crippen LogP contribution in [-0.2, 0) is 9.59 Å². The second-order valence-electron chi connectivity index (χ2n) is 5.76. The first kappa shape index (κ1) is 18.7. The number of aliphatic hydroxyl groups excluding tert-OH is 1. The summed E-state index contributed by atoms with van der Waals surface area (Å²) in [5.41, 5.74) is 0.212. The van der Waals surface area contributed by atoms with Gasteiger partial charge >= 0.3 is 11.8 Å². The third-order valence-electron chi connectivity index (χ3n) is 3.13. The summed E-state index contributed by atoms with van der Waals surface area (Å²) >= 11 is 11.6. The number of nitrogens with one attached hydrogen (secondary N) is 2. The van der Waals surface area contributed by atoms with Crippen LogP contribution in [0.1, 0.15) is 26.7 Å². The van der Waals surface area contributed by atoms with Crippen molar-refractivity contribution in [1.82, 2.24) is 5.32 Å². The van der Waals surface area contributed by atoms with E-state index in [1.54, 1.807) is 6.07 Å². The molecule has 0 bridgehead atoms. The molecular weight excluding hydrogens is 327 g/mol. The van der Waals surface area contributed by atoms with Gasteiger partial charge in [0.1, 0.15) is 0 Å². The molecule has 2 amide bonds. The normalized spacial score (nSPS) is 11.1. The lowest BCUT2D eigenvalue weighted by Crippen LogP contribution is -2.36. The molecule has 0 aromatic heterocycles. The molecule has 22 heavy (non-hydrogen) atoms. The van der Waals surface area contributed by atoms with Crippen molar-refractivity contribution in [3.63, 3.8) is 0 Å². The number of anilines is 1. The second-order valence-corrected chi connectivity index (χ2v) is 6.58. The van der Waals surface area contributed by atoms with Crippen molar-refractivity contribution >= 4 is 40.7 Å². The molecule has 0 heterocycles. The van der Waals surface area contributed by atoms with Crippen molar-refractivity contribution in [3.8, 4) is 0 Å². The maximum atomic E-state index is 11.7. The van der Waals surface area contributed by atoms with Gasteiger partial charge in [0, 0.05) is 18.8 Å². The van der Waals surface area contributed by atoms with Crippen LogP contribution in [0.3, 0.4) is 0 Å². The molecule has 122 valence electrons. The minimum absolute atomic E-state index is 0.0821. The van der Waals surface area contributed by atoms with Gasteiger partial charge < -0.3 is 15.7 Å². The number of halogens is 2. The maximum Gasteiger partial charge on any atom is 0.313 e. The summed E-state index contributed by atoms with van der Waals surface area (Å²) < 4.78 is 0. The van der Waals surface area contributed by atoms with Gasteiger partial charge in [0.05, 0.1) is 10.0 Å². The summed E-state index contributed by atoms with van der Waals surface area (Å²) in [5.74, 6) is -1.48. The first-order valence-electron chi connectivity index (χ1n) is 6.90. The van der Waals surface area contributed by atoms with E-state index in [4.69, 9.17) is 28.3 Å². The fraction of sp³-hybridized carbons (Fsp3) is 0.467. The lowest BCUT2D eigenvalue weighted by Gasteiger charge is -2.21. The van der Waals surface area contributed by atoms with Crippen molar-refractivity contribution in [2.45, 2.75) is 26.7 Å². The van der Waals surface area contributed by atoms with Crippen LogP contribution in [0, 0.1) is 5.41 Å². The van der Waals surface area contributed by atoms with Crippen LogP contribution in [-0.4, -0.2) is 30.1 Å². The molecule has 0 aliphatic rings. The highest BCUT2D eigenvalue weighted by Crippen LogP contribution is 2.25. The largest absolute Gasteiger partial charge is 0.396 e. The lowest BCUT2D eigenvalue weighted by atomic mass is 9.89. The number of hydrogen-bond donors (Lipinski definition) is 3. The van der Waals surface area contributed by atoms with Crippen LogP contribution >= 0.6 is 23.2 Å². The summed E-state index contributed by atoms with van der Waals surface area (Å²) in [5, 5.41) is 14.8. The van der Waals surface area contributed by atoms with Gasteiger partial charge in [0.25, 0.3) is 0 Å². The van der Waals surface area contributed by atoms with Gasteiger partial charge in [-0.2, -0.15) is 0 Å². The molecule has 0 fully saturated rings. The van der Waals surface area contributed by atoms with E-state index in [-0.39, 0.29) is 12.0 Å². The zero-order valence-electron chi connectivity index (χ0n) is 12.6. The molecule has 5 nitrogen and oxygen atoms in total. The van der Waals surface area contributed by atoms with E-state index < -0.39 is 11.8 Å². The molecule has 0 unspecified atom stereocenters. The van der Waals surface area contributed by atoms with Crippen molar-refractivity contribution in [2.75, 3.05) is 18.5 Å². The molecule has 1 aromatic carbocycles. The summed E-state index contributed by atoms with van der Waals surface area (Å²) in [7, 11) is 0. The quantitative estimate of drug-likeness (QED) is 0.547. The molecule has 0 atom stereocenters. The molecule has 0 saturated heterocycles. The van der Waals surface area contributed by atoms with Crippen molar-refractivity contribution in [1.29, 1.82) is 0 Å². The molecule has 7 heteroatoms. The van der Waals surface area contributed by atoms with Gasteiger partial charge in [-0.3, -0.25) is 9.59 Å². The molecule has 0 aliphatic carbocycles. The van der Waals surface area contributed by atoms with E-state index in [2.05, 4.69) is 10.6 Å². The molecule has 1 rings (SSSR count). The van der Waals surface area contributed by atoms with E-state index in [1.165, 1.54) is 12.1 Å². The number of carbonyl (C=O) groups excluding carboxylic acids is 2. The van der Waals surface area contributed by atoms with Gasteiger partial charge in [-0.1, -0.05) is 37.0 Å². The number of hydrogen-bond acceptors (Lipinski definition) is 3. The van der Waals surface area contributed by atoms with Crippen molar-refractivity contribution < 1.29 is 14.7 Å². The molecular formula is C15H20Cl2N2O3. The van der Waals surface area contributed by atoms with Crippen LogP contribution in [0.25, 0.3) is 0 Å². The third kappa shape index (κ3) is 6.22. The Labute approximate surface area is 140 Å². The van der Waals surface area contributed by atoms with Crippen molar-refractivity contribution in [3.05, 3.63) is 28.2 Å². The fourth-order valence-corrected chi connectivity index (χ4v) is 1.99. The molecule has 0 saturated carbocycles. The maximum absolute atomic E-state index is 11.7. The summed E-state index contributed by atoms with van der Waals surface area (Å²) in [6, 6.07) is 4.57. The Morgan fingerprint density at radius 1 is 1.18 bits per heavy atom. The standard InChI is InChI=1S/C15H20Cl2N2O3/c1-15(2,9-20)6-3-7-18-13(21)14(22)19-10-4-5-11(16)12(17)8-10/h4-5,8,20H,3,6-7,9H2,1-2H3,(H,18,21)(H,19,22). The van der Waals surface area contributed by atoms with E-state index in [0.717, 1.165) is 6.42 Å². The average Bonchev–Trinajstić information content (AvgIpc) is 2.47. The number of rotatable bonds is 6. The predicted molar refractivity (Wildman–Crippen MR) is 88.2 cm³/mol. The Balaban J connectivity index is 2.39. The van der Waals surface area contributed by atoms with Crippen LogP contribution in [0.2, 0.25) is 10.0 Å². The topological polar surface area (TPSA) is 78.4 Å². The summed E-state index contributed by atoms with van der Waals surface area (Å²) in [6.45, 7) is 4.33. The Morgan fingerprint density at radius 3 is 2.45 bits per heavy atom. The van der Waals surface area contributed by atoms with E-state index in [0.29, 0.717) is 28.7 Å². The molecule has 0 aliphatic heterocycles. The van der Waals surface area contributed by atoms with Gasteiger partial charge in [0.15, 0.2) is 0 Å². The lowest BCUT2D eigenvalue weighted by molar-refractivity contribution is -0.136. The molecule has 3 N–H and O–H groups in total. The van der Waals surface area contributed by atoms with Gasteiger partial charge in [-0.05, 0) is 36.5 Å². The summed E-state index contributed by atoms with van der Waals surface area (Å²) in [6.07, 6.45) is 1.43. The molecule has 0 radical (unpaired) electrons. The predicted octanol–water partition coefficient (Wildman–Crippen LogP) is 2.85. The number of amides is 2. The van der Waals surface area contributed by atoms with Crippen molar-refractivity contribution in [2.24, 2.45) is 5.41 Å². The zero-order valence-corrected chi connectivity index (χ0v) is 14.1. The van der Waals surface area contributed by atoms with Crippen LogP contribution in [0.4, 0.5) is 5.69 Å². The Kier molecular flexibility index (Phi) is 7.13. The SMILES string of the molecule is CC(C)(CO)CCCNC(=O)C(=O)Nc1ccc(Cl)c(Cl)c1. The first-order chi connectivity index (χ1) is 10.2. The smallest absolute Gasteiger partial charge is 0.313 e. The Hall–Kier alpha value is -1.30. The first-order valence-corrected chi connectivity index (χ1v) is 7.66.